The van der Waals surface area contributed by atoms with Gasteiger partial charge in [0.15, 0.2) is 14.6 Å². The van der Waals surface area contributed by atoms with Crippen molar-refractivity contribution >= 4 is 27.4 Å². The summed E-state index contributed by atoms with van der Waals surface area (Å²) in [5, 5.41) is 0. The van der Waals surface area contributed by atoms with Crippen LogP contribution in [0.15, 0.2) is 59.5 Å². The number of ether oxygens (including phenoxy) is 2. The standard InChI is InChI=1S/C24H26ClNO5S/c1-3-18-31-20-10-12-21(13-11-20)32(28,29)24(23(27)30-4-2)14-16-26(17-15-24)22(25)19-8-6-5-7-9-19/h1,5-13,22H,4,14-18H2,2H3. The minimum Gasteiger partial charge on any atom is -0.481 e. The summed E-state index contributed by atoms with van der Waals surface area (Å²) in [5.41, 5.74) is 0.509. The third-order valence-electron chi connectivity index (χ3n) is 5.62. The maximum absolute atomic E-state index is 13.7. The summed E-state index contributed by atoms with van der Waals surface area (Å²) in [4.78, 5) is 15.0. The van der Waals surface area contributed by atoms with E-state index in [-0.39, 0.29) is 31.0 Å². The molecule has 0 aromatic heterocycles. The van der Waals surface area contributed by atoms with Gasteiger partial charge in [0.2, 0.25) is 0 Å². The van der Waals surface area contributed by atoms with Crippen LogP contribution >= 0.6 is 11.6 Å². The summed E-state index contributed by atoms with van der Waals surface area (Å²) in [5.74, 6) is 2.09. The van der Waals surface area contributed by atoms with Crippen molar-refractivity contribution in [2.24, 2.45) is 0 Å². The van der Waals surface area contributed by atoms with Gasteiger partial charge in [0.05, 0.1) is 11.5 Å². The largest absolute Gasteiger partial charge is 0.481 e. The highest BCUT2D eigenvalue weighted by atomic mass is 35.5. The Morgan fingerprint density at radius 2 is 1.78 bits per heavy atom. The van der Waals surface area contributed by atoms with Gasteiger partial charge < -0.3 is 9.47 Å². The molecule has 1 atom stereocenters. The first-order valence-corrected chi connectivity index (χ1v) is 12.3. The van der Waals surface area contributed by atoms with Gasteiger partial charge in [-0.3, -0.25) is 9.69 Å². The van der Waals surface area contributed by atoms with Gasteiger partial charge in [-0.25, -0.2) is 8.42 Å². The number of carbonyl (C=O) groups is 1. The highest BCUT2D eigenvalue weighted by Crippen LogP contribution is 2.40. The number of piperidine rings is 1. The van der Waals surface area contributed by atoms with E-state index in [0.717, 1.165) is 5.56 Å². The van der Waals surface area contributed by atoms with E-state index in [1.165, 1.54) is 24.3 Å². The molecule has 1 aliphatic rings. The second-order valence-electron chi connectivity index (χ2n) is 7.46. The molecule has 0 spiro atoms. The van der Waals surface area contributed by atoms with E-state index in [9.17, 15) is 13.2 Å². The molecular formula is C24H26ClNO5S. The van der Waals surface area contributed by atoms with Crippen LogP contribution in [0.1, 0.15) is 30.8 Å². The lowest BCUT2D eigenvalue weighted by atomic mass is 9.95. The van der Waals surface area contributed by atoms with E-state index in [4.69, 9.17) is 27.5 Å². The van der Waals surface area contributed by atoms with Gasteiger partial charge >= 0.3 is 5.97 Å². The molecule has 8 heteroatoms. The normalized spacial score (nSPS) is 17.2. The fourth-order valence-corrected chi connectivity index (χ4v) is 6.13. The van der Waals surface area contributed by atoms with Crippen LogP contribution in [0.3, 0.4) is 0 Å². The Kier molecular flexibility index (Phi) is 7.83. The predicted molar refractivity (Wildman–Crippen MR) is 123 cm³/mol. The third-order valence-corrected chi connectivity index (χ3v) is 8.64. The van der Waals surface area contributed by atoms with E-state index < -0.39 is 26.1 Å². The molecule has 0 amide bonds. The lowest BCUT2D eigenvalue weighted by Gasteiger charge is -2.40. The molecule has 2 aromatic carbocycles. The van der Waals surface area contributed by atoms with Crippen LogP contribution in [-0.4, -0.2) is 50.3 Å². The number of esters is 1. The molecule has 6 nitrogen and oxygen atoms in total. The Labute approximate surface area is 194 Å². The molecule has 1 saturated heterocycles. The first kappa shape index (κ1) is 24.1. The summed E-state index contributed by atoms with van der Waals surface area (Å²) >= 11 is 6.64. The molecule has 1 aliphatic heterocycles. The summed E-state index contributed by atoms with van der Waals surface area (Å²) in [6, 6.07) is 15.5. The minimum atomic E-state index is -4.04. The fourth-order valence-electron chi connectivity index (χ4n) is 3.85. The van der Waals surface area contributed by atoms with Gasteiger partial charge in [-0.15, -0.1) is 18.0 Å². The number of terminal acetylenes is 1. The maximum Gasteiger partial charge on any atom is 0.327 e. The number of halogens is 1. The Hall–Kier alpha value is -2.53. The molecule has 1 heterocycles. The van der Waals surface area contributed by atoms with E-state index in [2.05, 4.69) is 5.92 Å². The average molecular weight is 476 g/mol. The van der Waals surface area contributed by atoms with Crippen molar-refractivity contribution < 1.29 is 22.7 Å². The molecule has 1 unspecified atom stereocenters. The van der Waals surface area contributed by atoms with Crippen LogP contribution < -0.4 is 4.74 Å². The van der Waals surface area contributed by atoms with Gasteiger partial charge in [-0.2, -0.15) is 0 Å². The van der Waals surface area contributed by atoms with E-state index >= 15 is 0 Å². The Balaban J connectivity index is 1.87. The van der Waals surface area contributed by atoms with E-state index in [1.54, 1.807) is 6.92 Å². The van der Waals surface area contributed by atoms with Crippen LogP contribution in [0.25, 0.3) is 0 Å². The van der Waals surface area contributed by atoms with Crippen molar-refractivity contribution in [1.29, 1.82) is 0 Å². The summed E-state index contributed by atoms with van der Waals surface area (Å²) < 4.78 is 36.2. The zero-order valence-corrected chi connectivity index (χ0v) is 19.4. The van der Waals surface area contributed by atoms with Gasteiger partial charge in [-0.05, 0) is 49.6 Å². The number of alkyl halides is 1. The van der Waals surface area contributed by atoms with Gasteiger partial charge in [0.25, 0.3) is 0 Å². The number of likely N-dealkylation sites (tertiary alicyclic amines) is 1. The Morgan fingerprint density at radius 3 is 2.34 bits per heavy atom. The second-order valence-corrected chi connectivity index (χ2v) is 10.1. The number of nitrogens with zero attached hydrogens (tertiary/aromatic N) is 1. The lowest BCUT2D eigenvalue weighted by molar-refractivity contribution is -0.147. The molecular weight excluding hydrogens is 450 g/mol. The van der Waals surface area contributed by atoms with Crippen LogP contribution in [-0.2, 0) is 19.4 Å². The molecule has 3 rings (SSSR count). The SMILES string of the molecule is C#CCOc1ccc(S(=O)(=O)C2(C(=O)OCC)CCN(C(Cl)c3ccccc3)CC2)cc1. The quantitative estimate of drug-likeness (QED) is 0.250. The second kappa shape index (κ2) is 10.4. The number of hydrogen-bond acceptors (Lipinski definition) is 6. The first-order valence-electron chi connectivity index (χ1n) is 10.4. The zero-order chi connectivity index (χ0) is 23.2. The first-order chi connectivity index (χ1) is 15.4. The topological polar surface area (TPSA) is 72.9 Å². The number of benzene rings is 2. The minimum absolute atomic E-state index is 0.0394. The summed E-state index contributed by atoms with van der Waals surface area (Å²) in [6.45, 7) is 2.51. The smallest absolute Gasteiger partial charge is 0.327 e. The summed E-state index contributed by atoms with van der Waals surface area (Å²) in [6.07, 6.45) is 5.35. The van der Waals surface area contributed by atoms with Gasteiger partial charge in [0, 0.05) is 13.1 Å². The summed E-state index contributed by atoms with van der Waals surface area (Å²) in [7, 11) is -4.04. The third kappa shape index (κ3) is 4.78. The number of carbonyl (C=O) groups excluding carboxylic acids is 1. The zero-order valence-electron chi connectivity index (χ0n) is 17.9. The number of hydrogen-bond donors (Lipinski definition) is 0. The Morgan fingerprint density at radius 1 is 1.16 bits per heavy atom. The van der Waals surface area contributed by atoms with Gasteiger partial charge in [0.1, 0.15) is 17.9 Å². The van der Waals surface area contributed by atoms with Crippen molar-refractivity contribution in [3.05, 3.63) is 60.2 Å². The van der Waals surface area contributed by atoms with Crippen molar-refractivity contribution in [3.63, 3.8) is 0 Å². The maximum atomic E-state index is 13.7. The van der Waals surface area contributed by atoms with Crippen LogP contribution in [0.5, 0.6) is 5.75 Å². The monoisotopic (exact) mass is 475 g/mol. The highest BCUT2D eigenvalue weighted by molar-refractivity contribution is 7.93. The fraction of sp³-hybridized carbons (Fsp3) is 0.375. The van der Waals surface area contributed by atoms with Crippen molar-refractivity contribution in [3.8, 4) is 18.1 Å². The van der Waals surface area contributed by atoms with E-state index in [0.29, 0.717) is 18.8 Å². The number of rotatable bonds is 8. The molecule has 0 radical (unpaired) electrons. The van der Waals surface area contributed by atoms with E-state index in [1.807, 2.05) is 35.2 Å². The molecule has 0 aliphatic carbocycles. The van der Waals surface area contributed by atoms with Crippen molar-refractivity contribution in [1.82, 2.24) is 4.90 Å². The molecule has 0 N–H and O–H groups in total. The van der Waals surface area contributed by atoms with Crippen molar-refractivity contribution in [2.75, 3.05) is 26.3 Å². The molecule has 170 valence electrons. The van der Waals surface area contributed by atoms with Crippen molar-refractivity contribution in [2.45, 2.75) is 34.9 Å². The van der Waals surface area contributed by atoms with Crippen LogP contribution in [0.4, 0.5) is 0 Å². The molecule has 0 saturated carbocycles. The predicted octanol–water partition coefficient (Wildman–Crippen LogP) is 3.81. The molecule has 0 bridgehead atoms. The van der Waals surface area contributed by atoms with Gasteiger partial charge in [-0.1, -0.05) is 36.3 Å². The number of sulfone groups is 1. The highest BCUT2D eigenvalue weighted by Gasteiger charge is 2.54. The molecule has 1 fully saturated rings. The Bertz CT molecular complexity index is 1060. The average Bonchev–Trinajstić information content (AvgIpc) is 2.83. The molecule has 32 heavy (non-hydrogen) atoms. The lowest BCUT2D eigenvalue weighted by Crippen LogP contribution is -2.55. The molecule has 2 aromatic rings. The van der Waals surface area contributed by atoms with Crippen LogP contribution in [0, 0.1) is 12.3 Å². The van der Waals surface area contributed by atoms with Crippen LogP contribution in [0.2, 0.25) is 0 Å².